The number of nitrogens with one attached hydrogen (secondary N) is 1. The first-order valence-corrected chi connectivity index (χ1v) is 9.12. The molecule has 1 unspecified atom stereocenters. The summed E-state index contributed by atoms with van der Waals surface area (Å²) in [6.07, 6.45) is 2.89. The molecule has 24 heavy (non-hydrogen) atoms. The molecule has 2 rings (SSSR count). The van der Waals surface area contributed by atoms with Crippen LogP contribution in [0.15, 0.2) is 24.3 Å². The van der Waals surface area contributed by atoms with Gasteiger partial charge in [-0.3, -0.25) is 0 Å². The number of carbonyl (C=O) groups is 1. The third-order valence-electron chi connectivity index (χ3n) is 3.99. The third kappa shape index (κ3) is 6.33. The maximum absolute atomic E-state index is 12.3. The van der Waals surface area contributed by atoms with Crippen LogP contribution in [-0.4, -0.2) is 35.7 Å². The van der Waals surface area contributed by atoms with Gasteiger partial charge in [0, 0.05) is 23.7 Å². The van der Waals surface area contributed by atoms with Gasteiger partial charge in [0.15, 0.2) is 0 Å². The van der Waals surface area contributed by atoms with Gasteiger partial charge in [-0.05, 0) is 71.2 Å². The fourth-order valence-electron chi connectivity index (χ4n) is 2.59. The van der Waals surface area contributed by atoms with Gasteiger partial charge in [-0.25, -0.2) is 4.79 Å². The highest BCUT2D eigenvalue weighted by molar-refractivity contribution is 6.30. The van der Waals surface area contributed by atoms with E-state index >= 15 is 0 Å². The standard InChI is InChI=1S/C19H29ClN2O2/c1-14(15-7-5-8-16(20)13-15)21-11-6-12-22(17-9-10-17)18(23)24-19(2,3)4/h5,7-8,13-14,17,21H,6,9-12H2,1-4H3. The van der Waals surface area contributed by atoms with Crippen LogP contribution in [0.5, 0.6) is 0 Å². The summed E-state index contributed by atoms with van der Waals surface area (Å²) in [6, 6.07) is 8.50. The molecule has 1 fully saturated rings. The Labute approximate surface area is 150 Å². The molecule has 134 valence electrons. The topological polar surface area (TPSA) is 41.6 Å². The zero-order valence-electron chi connectivity index (χ0n) is 15.1. The maximum atomic E-state index is 12.3. The van der Waals surface area contributed by atoms with Crippen LogP contribution in [0.3, 0.4) is 0 Å². The van der Waals surface area contributed by atoms with Gasteiger partial charge < -0.3 is 15.0 Å². The number of nitrogens with zero attached hydrogens (tertiary/aromatic N) is 1. The van der Waals surface area contributed by atoms with Gasteiger partial charge in [0.2, 0.25) is 0 Å². The lowest BCUT2D eigenvalue weighted by atomic mass is 10.1. The predicted octanol–water partition coefficient (Wildman–Crippen LogP) is 4.78. The molecule has 1 N–H and O–H groups in total. The summed E-state index contributed by atoms with van der Waals surface area (Å²) in [5.74, 6) is 0. The number of amides is 1. The SMILES string of the molecule is CC(NCCCN(C(=O)OC(C)(C)C)C1CC1)c1cccc(Cl)c1. The predicted molar refractivity (Wildman–Crippen MR) is 98.4 cm³/mol. The Bertz CT molecular complexity index is 553. The molecule has 1 aromatic rings. The van der Waals surface area contributed by atoms with E-state index in [1.807, 2.05) is 43.9 Å². The Morgan fingerprint density at radius 3 is 2.71 bits per heavy atom. The molecule has 1 aliphatic carbocycles. The molecule has 0 aromatic heterocycles. The molecule has 0 aliphatic heterocycles. The number of carbonyl (C=O) groups excluding carboxylic acids is 1. The van der Waals surface area contributed by atoms with Crippen molar-refractivity contribution in [2.45, 2.75) is 64.6 Å². The average Bonchev–Trinajstić information content (AvgIpc) is 3.29. The molecular formula is C19H29ClN2O2. The molecule has 1 saturated carbocycles. The van der Waals surface area contributed by atoms with Gasteiger partial charge in [-0.1, -0.05) is 23.7 Å². The monoisotopic (exact) mass is 352 g/mol. The molecular weight excluding hydrogens is 324 g/mol. The second kappa shape index (κ2) is 8.21. The van der Waals surface area contributed by atoms with E-state index in [0.29, 0.717) is 6.04 Å². The molecule has 1 atom stereocenters. The van der Waals surface area contributed by atoms with Crippen molar-refractivity contribution < 1.29 is 9.53 Å². The Morgan fingerprint density at radius 2 is 2.12 bits per heavy atom. The minimum Gasteiger partial charge on any atom is -0.444 e. The molecule has 5 heteroatoms. The summed E-state index contributed by atoms with van der Waals surface area (Å²) in [7, 11) is 0. The van der Waals surface area contributed by atoms with Crippen molar-refractivity contribution in [2.75, 3.05) is 13.1 Å². The summed E-state index contributed by atoms with van der Waals surface area (Å²) < 4.78 is 5.51. The number of rotatable bonds is 7. The van der Waals surface area contributed by atoms with E-state index in [2.05, 4.69) is 18.3 Å². The summed E-state index contributed by atoms with van der Waals surface area (Å²) >= 11 is 6.04. The van der Waals surface area contributed by atoms with Crippen molar-refractivity contribution >= 4 is 17.7 Å². The minimum absolute atomic E-state index is 0.187. The highest BCUT2D eigenvalue weighted by Gasteiger charge is 2.34. The number of hydrogen-bond donors (Lipinski definition) is 1. The Morgan fingerprint density at radius 1 is 1.42 bits per heavy atom. The molecule has 0 radical (unpaired) electrons. The van der Waals surface area contributed by atoms with E-state index in [1.54, 1.807) is 0 Å². The first-order chi connectivity index (χ1) is 11.3. The van der Waals surface area contributed by atoms with Gasteiger partial charge in [0.05, 0.1) is 0 Å². The summed E-state index contributed by atoms with van der Waals surface area (Å²) in [6.45, 7) is 9.42. The number of hydrogen-bond acceptors (Lipinski definition) is 3. The molecule has 0 spiro atoms. The van der Waals surface area contributed by atoms with Crippen LogP contribution in [0.2, 0.25) is 5.02 Å². The van der Waals surface area contributed by atoms with Gasteiger partial charge in [-0.2, -0.15) is 0 Å². The summed E-state index contributed by atoms with van der Waals surface area (Å²) in [5.41, 5.74) is 0.734. The van der Waals surface area contributed by atoms with E-state index in [9.17, 15) is 4.79 Å². The van der Waals surface area contributed by atoms with E-state index < -0.39 is 5.60 Å². The highest BCUT2D eigenvalue weighted by Crippen LogP contribution is 2.28. The van der Waals surface area contributed by atoms with Gasteiger partial charge in [0.25, 0.3) is 0 Å². The largest absolute Gasteiger partial charge is 0.444 e. The lowest BCUT2D eigenvalue weighted by Gasteiger charge is -2.27. The number of benzene rings is 1. The molecule has 4 nitrogen and oxygen atoms in total. The van der Waals surface area contributed by atoms with E-state index in [0.717, 1.165) is 37.4 Å². The maximum Gasteiger partial charge on any atom is 0.410 e. The van der Waals surface area contributed by atoms with E-state index in [1.165, 1.54) is 5.56 Å². The first kappa shape index (κ1) is 19.1. The lowest BCUT2D eigenvalue weighted by Crippen LogP contribution is -2.39. The summed E-state index contributed by atoms with van der Waals surface area (Å²) in [4.78, 5) is 14.2. The molecule has 0 bridgehead atoms. The van der Waals surface area contributed by atoms with Crippen LogP contribution in [0.25, 0.3) is 0 Å². The van der Waals surface area contributed by atoms with Crippen LogP contribution in [0, 0.1) is 0 Å². The summed E-state index contributed by atoms with van der Waals surface area (Å²) in [5, 5.41) is 4.25. The quantitative estimate of drug-likeness (QED) is 0.718. The van der Waals surface area contributed by atoms with Crippen LogP contribution < -0.4 is 5.32 Å². The van der Waals surface area contributed by atoms with Gasteiger partial charge in [-0.15, -0.1) is 0 Å². The Hall–Kier alpha value is -1.26. The zero-order valence-corrected chi connectivity index (χ0v) is 15.9. The molecule has 1 aromatic carbocycles. The van der Waals surface area contributed by atoms with Gasteiger partial charge >= 0.3 is 6.09 Å². The Balaban J connectivity index is 1.76. The zero-order chi connectivity index (χ0) is 17.7. The fraction of sp³-hybridized carbons (Fsp3) is 0.632. The highest BCUT2D eigenvalue weighted by atomic mass is 35.5. The van der Waals surface area contributed by atoms with Crippen molar-refractivity contribution in [1.82, 2.24) is 10.2 Å². The minimum atomic E-state index is -0.441. The van der Waals surface area contributed by atoms with Crippen molar-refractivity contribution in [3.63, 3.8) is 0 Å². The van der Waals surface area contributed by atoms with Crippen LogP contribution in [0.1, 0.15) is 58.6 Å². The number of ether oxygens (including phenoxy) is 1. The molecule has 0 heterocycles. The lowest BCUT2D eigenvalue weighted by molar-refractivity contribution is 0.0232. The van der Waals surface area contributed by atoms with Crippen molar-refractivity contribution in [1.29, 1.82) is 0 Å². The third-order valence-corrected chi connectivity index (χ3v) is 4.23. The van der Waals surface area contributed by atoms with E-state index in [-0.39, 0.29) is 12.1 Å². The smallest absolute Gasteiger partial charge is 0.410 e. The first-order valence-electron chi connectivity index (χ1n) is 8.75. The second-order valence-electron chi connectivity index (χ2n) is 7.49. The average molecular weight is 353 g/mol. The van der Waals surface area contributed by atoms with Crippen LogP contribution in [-0.2, 0) is 4.74 Å². The van der Waals surface area contributed by atoms with E-state index in [4.69, 9.17) is 16.3 Å². The van der Waals surface area contributed by atoms with Gasteiger partial charge in [0.1, 0.15) is 5.60 Å². The molecule has 1 aliphatic rings. The fourth-order valence-corrected chi connectivity index (χ4v) is 2.79. The van der Waals surface area contributed by atoms with Crippen molar-refractivity contribution in [3.05, 3.63) is 34.9 Å². The molecule has 1 amide bonds. The second-order valence-corrected chi connectivity index (χ2v) is 7.93. The number of halogens is 1. The van der Waals surface area contributed by atoms with Crippen molar-refractivity contribution in [2.24, 2.45) is 0 Å². The van der Waals surface area contributed by atoms with Crippen molar-refractivity contribution in [3.8, 4) is 0 Å². The van der Waals surface area contributed by atoms with Crippen LogP contribution in [0.4, 0.5) is 4.79 Å². The Kier molecular flexibility index (Phi) is 6.53. The normalized spacial score (nSPS) is 15.9. The van der Waals surface area contributed by atoms with Crippen LogP contribution >= 0.6 is 11.6 Å². The molecule has 0 saturated heterocycles.